The predicted molar refractivity (Wildman–Crippen MR) is 82.1 cm³/mol. The number of aromatic nitrogens is 4. The number of nitrogens with zero attached hydrogens (tertiary/aromatic N) is 4. The van der Waals surface area contributed by atoms with Gasteiger partial charge in [-0.1, -0.05) is 24.3 Å². The fraction of sp³-hybridized carbons (Fsp3) is 0.250. The first-order chi connectivity index (χ1) is 10.7. The molecule has 1 aliphatic rings. The van der Waals surface area contributed by atoms with E-state index in [0.29, 0.717) is 24.4 Å². The molecule has 110 valence electrons. The van der Waals surface area contributed by atoms with Crippen LogP contribution in [-0.4, -0.2) is 32.0 Å². The first kappa shape index (κ1) is 12.9. The molecule has 1 saturated heterocycles. The molecule has 1 aliphatic heterocycles. The third-order valence-corrected chi connectivity index (χ3v) is 4.10. The molecule has 3 heterocycles. The molecule has 6 nitrogen and oxygen atoms in total. The lowest BCUT2D eigenvalue weighted by Crippen LogP contribution is -2.13. The molecule has 4 rings (SSSR count). The van der Waals surface area contributed by atoms with Crippen LogP contribution in [0.25, 0.3) is 22.6 Å². The van der Waals surface area contributed by atoms with Crippen LogP contribution in [0.15, 0.2) is 36.8 Å². The Bertz CT molecular complexity index is 853. The molecular weight excluding hydrogens is 278 g/mol. The zero-order chi connectivity index (χ0) is 15.1. The van der Waals surface area contributed by atoms with Gasteiger partial charge in [-0.15, -0.1) is 0 Å². The van der Waals surface area contributed by atoms with Crippen molar-refractivity contribution in [3.8, 4) is 11.4 Å². The highest BCUT2D eigenvalue weighted by molar-refractivity contribution is 5.79. The minimum atomic E-state index is 0.123. The van der Waals surface area contributed by atoms with E-state index in [0.717, 1.165) is 11.1 Å². The fourth-order valence-electron chi connectivity index (χ4n) is 2.80. The van der Waals surface area contributed by atoms with Gasteiger partial charge in [0.05, 0.1) is 12.5 Å². The zero-order valence-corrected chi connectivity index (χ0v) is 12.2. The number of aryl methyl sites for hydroxylation is 1. The second kappa shape index (κ2) is 4.91. The van der Waals surface area contributed by atoms with Crippen LogP contribution in [-0.2, 0) is 11.8 Å². The topological polar surface area (TPSA) is 72.7 Å². The minimum absolute atomic E-state index is 0.123. The third kappa shape index (κ3) is 2.13. The summed E-state index contributed by atoms with van der Waals surface area (Å²) < 4.78 is 1.90. The molecule has 0 radical (unpaired) electrons. The number of nitrogens with one attached hydrogen (secondary N) is 1. The monoisotopic (exact) mass is 293 g/mol. The van der Waals surface area contributed by atoms with Crippen LogP contribution >= 0.6 is 0 Å². The summed E-state index contributed by atoms with van der Waals surface area (Å²) in [5.41, 5.74) is 3.73. The van der Waals surface area contributed by atoms with Crippen molar-refractivity contribution in [2.45, 2.75) is 12.3 Å². The maximum absolute atomic E-state index is 11.3. The van der Waals surface area contributed by atoms with Gasteiger partial charge in [-0.25, -0.2) is 15.0 Å². The highest BCUT2D eigenvalue weighted by Crippen LogP contribution is 2.25. The van der Waals surface area contributed by atoms with Gasteiger partial charge in [-0.3, -0.25) is 4.79 Å². The third-order valence-electron chi connectivity index (χ3n) is 4.10. The SMILES string of the molecule is Cn1cnc2nc(-c3ccc(C4CNC(=O)C4)cc3)ncc21. The van der Waals surface area contributed by atoms with Gasteiger partial charge in [0.2, 0.25) is 5.91 Å². The summed E-state index contributed by atoms with van der Waals surface area (Å²) in [7, 11) is 1.92. The average molecular weight is 293 g/mol. The Morgan fingerprint density at radius 2 is 2.05 bits per heavy atom. The average Bonchev–Trinajstić information content (AvgIpc) is 3.14. The molecule has 6 heteroatoms. The summed E-state index contributed by atoms with van der Waals surface area (Å²) in [5, 5.41) is 2.86. The lowest BCUT2D eigenvalue weighted by molar-refractivity contribution is -0.119. The van der Waals surface area contributed by atoms with Crippen molar-refractivity contribution in [1.82, 2.24) is 24.8 Å². The molecule has 1 atom stereocenters. The lowest BCUT2D eigenvalue weighted by atomic mass is 9.97. The van der Waals surface area contributed by atoms with E-state index in [2.05, 4.69) is 20.3 Å². The molecular formula is C16H15N5O. The number of rotatable bonds is 2. The molecule has 22 heavy (non-hydrogen) atoms. The summed E-state index contributed by atoms with van der Waals surface area (Å²) in [6.07, 6.45) is 4.09. The van der Waals surface area contributed by atoms with E-state index in [1.165, 1.54) is 5.56 Å². The van der Waals surface area contributed by atoms with Crippen molar-refractivity contribution in [3.05, 3.63) is 42.4 Å². The van der Waals surface area contributed by atoms with E-state index in [9.17, 15) is 4.79 Å². The zero-order valence-electron chi connectivity index (χ0n) is 12.2. The van der Waals surface area contributed by atoms with Gasteiger partial charge in [0.1, 0.15) is 5.52 Å². The van der Waals surface area contributed by atoms with Crippen molar-refractivity contribution >= 4 is 17.1 Å². The van der Waals surface area contributed by atoms with Crippen molar-refractivity contribution in [2.24, 2.45) is 7.05 Å². The van der Waals surface area contributed by atoms with E-state index >= 15 is 0 Å². The minimum Gasteiger partial charge on any atom is -0.355 e. The molecule has 1 fully saturated rings. The molecule has 0 aliphatic carbocycles. The summed E-state index contributed by atoms with van der Waals surface area (Å²) in [4.78, 5) is 24.5. The Balaban J connectivity index is 1.65. The van der Waals surface area contributed by atoms with E-state index in [1.807, 2.05) is 35.9 Å². The van der Waals surface area contributed by atoms with Gasteiger partial charge in [0, 0.05) is 31.5 Å². The van der Waals surface area contributed by atoms with Gasteiger partial charge in [-0.05, 0) is 5.56 Å². The second-order valence-electron chi connectivity index (χ2n) is 5.59. The maximum Gasteiger partial charge on any atom is 0.220 e. The molecule has 0 spiro atoms. The number of carbonyl (C=O) groups excluding carboxylic acids is 1. The van der Waals surface area contributed by atoms with Gasteiger partial charge >= 0.3 is 0 Å². The Labute approximate surface area is 127 Å². The molecule has 0 bridgehead atoms. The molecule has 3 aromatic rings. The van der Waals surface area contributed by atoms with Crippen molar-refractivity contribution in [3.63, 3.8) is 0 Å². The summed E-state index contributed by atoms with van der Waals surface area (Å²) in [6.45, 7) is 0.717. The van der Waals surface area contributed by atoms with Crippen LogP contribution in [0.1, 0.15) is 17.9 Å². The number of imidazole rings is 1. The molecule has 0 saturated carbocycles. The highest BCUT2D eigenvalue weighted by Gasteiger charge is 2.22. The normalized spacial score (nSPS) is 17.9. The highest BCUT2D eigenvalue weighted by atomic mass is 16.1. The largest absolute Gasteiger partial charge is 0.355 e. The summed E-state index contributed by atoms with van der Waals surface area (Å²) >= 11 is 0. The van der Waals surface area contributed by atoms with Crippen LogP contribution in [0.5, 0.6) is 0 Å². The molecule has 1 amide bonds. The number of amides is 1. The van der Waals surface area contributed by atoms with Gasteiger partial charge < -0.3 is 9.88 Å². The predicted octanol–water partition coefficient (Wildman–Crippen LogP) is 1.63. The van der Waals surface area contributed by atoms with E-state index in [4.69, 9.17) is 0 Å². The van der Waals surface area contributed by atoms with E-state index < -0.39 is 0 Å². The Kier molecular flexibility index (Phi) is 2.89. The van der Waals surface area contributed by atoms with Crippen molar-refractivity contribution in [2.75, 3.05) is 6.54 Å². The second-order valence-corrected chi connectivity index (χ2v) is 5.59. The Hall–Kier alpha value is -2.76. The van der Waals surface area contributed by atoms with Gasteiger partial charge in [0.15, 0.2) is 11.5 Å². The number of hydrogen-bond donors (Lipinski definition) is 1. The Morgan fingerprint density at radius 1 is 1.23 bits per heavy atom. The first-order valence-electron chi connectivity index (χ1n) is 7.22. The standard InChI is InChI=1S/C16H15N5O/c1-21-9-19-16-13(21)8-18-15(20-16)11-4-2-10(3-5-11)12-6-14(22)17-7-12/h2-5,8-9,12H,6-7H2,1H3,(H,17,22). The summed E-state index contributed by atoms with van der Waals surface area (Å²) in [6, 6.07) is 8.10. The van der Waals surface area contributed by atoms with Gasteiger partial charge in [-0.2, -0.15) is 0 Å². The van der Waals surface area contributed by atoms with E-state index in [-0.39, 0.29) is 11.8 Å². The quantitative estimate of drug-likeness (QED) is 0.779. The van der Waals surface area contributed by atoms with E-state index in [1.54, 1.807) is 12.5 Å². The van der Waals surface area contributed by atoms with Crippen LogP contribution in [0.2, 0.25) is 0 Å². The van der Waals surface area contributed by atoms with Crippen LogP contribution in [0, 0.1) is 0 Å². The van der Waals surface area contributed by atoms with Crippen LogP contribution < -0.4 is 5.32 Å². The lowest BCUT2D eigenvalue weighted by Gasteiger charge is -2.08. The van der Waals surface area contributed by atoms with Crippen LogP contribution in [0.3, 0.4) is 0 Å². The van der Waals surface area contributed by atoms with Crippen LogP contribution in [0.4, 0.5) is 0 Å². The number of fused-ring (bicyclic) bond motifs is 1. The number of hydrogen-bond acceptors (Lipinski definition) is 4. The fourth-order valence-corrected chi connectivity index (χ4v) is 2.80. The summed E-state index contributed by atoms with van der Waals surface area (Å²) in [5.74, 6) is 1.05. The first-order valence-corrected chi connectivity index (χ1v) is 7.22. The van der Waals surface area contributed by atoms with Crippen molar-refractivity contribution < 1.29 is 4.79 Å². The molecule has 1 aromatic carbocycles. The molecule has 2 aromatic heterocycles. The molecule has 1 N–H and O–H groups in total. The maximum atomic E-state index is 11.3. The number of benzene rings is 1. The number of carbonyl (C=O) groups is 1. The smallest absolute Gasteiger partial charge is 0.220 e. The Morgan fingerprint density at radius 3 is 2.77 bits per heavy atom. The molecule has 1 unspecified atom stereocenters. The van der Waals surface area contributed by atoms with Crippen molar-refractivity contribution in [1.29, 1.82) is 0 Å². The van der Waals surface area contributed by atoms with Gasteiger partial charge in [0.25, 0.3) is 0 Å².